The Kier molecular flexibility index (Phi) is 4.92. The van der Waals surface area contributed by atoms with Crippen LogP contribution in [0.25, 0.3) is 0 Å². The molecule has 0 aromatic heterocycles. The number of rotatable bonds is 3. The van der Waals surface area contributed by atoms with Gasteiger partial charge in [-0.05, 0) is 63.3 Å². The van der Waals surface area contributed by atoms with Gasteiger partial charge in [0.25, 0.3) is 0 Å². The van der Waals surface area contributed by atoms with Crippen LogP contribution >= 0.6 is 0 Å². The first-order valence-corrected chi connectivity index (χ1v) is 7.68. The molecule has 2 N–H and O–H groups in total. The zero-order valence-corrected chi connectivity index (χ0v) is 13.6. The summed E-state index contributed by atoms with van der Waals surface area (Å²) in [6.07, 6.45) is 1.37. The molecule has 0 heterocycles. The maximum atomic E-state index is 13.6. The number of carbonyl (C=O) groups is 2. The molecule has 6 heteroatoms. The monoisotopic (exact) mass is 323 g/mol. The standard InChI is InChI=1S/C17H22FNO4/c1-17(2,3)23-16(22)19-14(15(20)21)12-6-4-5-10-7-8-11(18)9-13(10)12/h7-9,12,14H,4-6H2,1-3H3,(H,19,22)(H,20,21)/t12-,14?/m0/s1. The summed E-state index contributed by atoms with van der Waals surface area (Å²) in [5.74, 6) is -2.03. The second kappa shape index (κ2) is 6.56. The summed E-state index contributed by atoms with van der Waals surface area (Å²) in [6.45, 7) is 5.11. The van der Waals surface area contributed by atoms with Crippen molar-refractivity contribution in [1.29, 1.82) is 0 Å². The number of benzene rings is 1. The van der Waals surface area contributed by atoms with Gasteiger partial charge in [-0.3, -0.25) is 0 Å². The number of aryl methyl sites for hydroxylation is 1. The average molecular weight is 323 g/mol. The van der Waals surface area contributed by atoms with Gasteiger partial charge in [0.2, 0.25) is 0 Å². The highest BCUT2D eigenvalue weighted by atomic mass is 19.1. The van der Waals surface area contributed by atoms with Gasteiger partial charge >= 0.3 is 12.1 Å². The molecule has 1 aromatic rings. The van der Waals surface area contributed by atoms with E-state index in [4.69, 9.17) is 4.74 Å². The van der Waals surface area contributed by atoms with Gasteiger partial charge in [0.05, 0.1) is 0 Å². The summed E-state index contributed by atoms with van der Waals surface area (Å²) >= 11 is 0. The van der Waals surface area contributed by atoms with Gasteiger partial charge in [-0.15, -0.1) is 0 Å². The smallest absolute Gasteiger partial charge is 0.408 e. The molecule has 1 amide bonds. The fourth-order valence-electron chi connectivity index (χ4n) is 2.92. The Morgan fingerprint density at radius 3 is 2.70 bits per heavy atom. The largest absolute Gasteiger partial charge is 0.480 e. The van der Waals surface area contributed by atoms with Crippen molar-refractivity contribution in [2.75, 3.05) is 0 Å². The van der Waals surface area contributed by atoms with E-state index in [1.54, 1.807) is 26.8 Å². The fraction of sp³-hybridized carbons (Fsp3) is 0.529. The average Bonchev–Trinajstić information content (AvgIpc) is 2.42. The van der Waals surface area contributed by atoms with Crippen LogP contribution < -0.4 is 5.32 Å². The second-order valence-electron chi connectivity index (χ2n) is 6.80. The highest BCUT2D eigenvalue weighted by molar-refractivity contribution is 5.81. The third kappa shape index (κ3) is 4.43. The van der Waals surface area contributed by atoms with E-state index in [0.29, 0.717) is 12.0 Å². The Morgan fingerprint density at radius 1 is 1.39 bits per heavy atom. The molecule has 0 saturated heterocycles. The zero-order chi connectivity index (χ0) is 17.2. The van der Waals surface area contributed by atoms with Crippen molar-refractivity contribution in [2.24, 2.45) is 0 Å². The van der Waals surface area contributed by atoms with Gasteiger partial charge in [-0.25, -0.2) is 14.0 Å². The number of carbonyl (C=O) groups excluding carboxylic acids is 1. The van der Waals surface area contributed by atoms with Crippen LogP contribution in [-0.4, -0.2) is 28.8 Å². The van der Waals surface area contributed by atoms with E-state index in [-0.39, 0.29) is 0 Å². The van der Waals surface area contributed by atoms with E-state index in [2.05, 4.69) is 5.32 Å². The van der Waals surface area contributed by atoms with Gasteiger partial charge in [0, 0.05) is 5.92 Å². The molecule has 0 bridgehead atoms. The van der Waals surface area contributed by atoms with Crippen LogP contribution in [0.4, 0.5) is 9.18 Å². The predicted molar refractivity (Wildman–Crippen MR) is 82.9 cm³/mol. The maximum absolute atomic E-state index is 13.6. The van der Waals surface area contributed by atoms with Crippen molar-refractivity contribution in [3.8, 4) is 0 Å². The number of alkyl carbamates (subject to hydrolysis) is 1. The van der Waals surface area contributed by atoms with Crippen molar-refractivity contribution in [3.05, 3.63) is 35.1 Å². The molecule has 0 saturated carbocycles. The number of ether oxygens (including phenoxy) is 1. The van der Waals surface area contributed by atoms with Gasteiger partial charge in [-0.1, -0.05) is 6.07 Å². The lowest BCUT2D eigenvalue weighted by atomic mass is 9.78. The van der Waals surface area contributed by atoms with E-state index in [0.717, 1.165) is 18.4 Å². The van der Waals surface area contributed by atoms with Crippen LogP contribution in [-0.2, 0) is 16.0 Å². The molecule has 0 spiro atoms. The van der Waals surface area contributed by atoms with Crippen molar-refractivity contribution < 1.29 is 23.8 Å². The molecule has 126 valence electrons. The molecule has 2 rings (SSSR count). The Balaban J connectivity index is 2.24. The highest BCUT2D eigenvalue weighted by Gasteiger charge is 2.35. The first-order chi connectivity index (χ1) is 10.7. The lowest BCUT2D eigenvalue weighted by molar-refractivity contribution is -0.140. The molecule has 1 aromatic carbocycles. The van der Waals surface area contributed by atoms with E-state index >= 15 is 0 Å². The van der Waals surface area contributed by atoms with E-state index < -0.39 is 35.4 Å². The van der Waals surface area contributed by atoms with Gasteiger partial charge < -0.3 is 15.2 Å². The Bertz CT molecular complexity index is 609. The normalized spacial score (nSPS) is 18.7. The summed E-state index contributed by atoms with van der Waals surface area (Å²) < 4.78 is 18.7. The Labute approximate surface area is 134 Å². The minimum absolute atomic E-state index is 0.406. The number of amides is 1. The SMILES string of the molecule is CC(C)(C)OC(=O)NC(C(=O)O)[C@H]1CCCc2ccc(F)cc21. The summed E-state index contributed by atoms with van der Waals surface area (Å²) in [7, 11) is 0. The molecule has 2 atom stereocenters. The van der Waals surface area contributed by atoms with Crippen molar-refractivity contribution >= 4 is 12.1 Å². The van der Waals surface area contributed by atoms with E-state index in [1.165, 1.54) is 12.1 Å². The quantitative estimate of drug-likeness (QED) is 0.895. The molecular formula is C17H22FNO4. The minimum atomic E-state index is -1.15. The number of halogens is 1. The van der Waals surface area contributed by atoms with E-state index in [9.17, 15) is 19.1 Å². The van der Waals surface area contributed by atoms with Crippen LogP contribution in [0, 0.1) is 5.82 Å². The van der Waals surface area contributed by atoms with Crippen molar-refractivity contribution in [2.45, 2.75) is 57.6 Å². The maximum Gasteiger partial charge on any atom is 0.408 e. The van der Waals surface area contributed by atoms with E-state index in [1.807, 2.05) is 0 Å². The second-order valence-corrected chi connectivity index (χ2v) is 6.80. The van der Waals surface area contributed by atoms with Crippen LogP contribution in [0.3, 0.4) is 0 Å². The molecule has 5 nitrogen and oxygen atoms in total. The van der Waals surface area contributed by atoms with Crippen LogP contribution in [0.1, 0.15) is 50.7 Å². The summed E-state index contributed by atoms with van der Waals surface area (Å²) in [4.78, 5) is 23.6. The topological polar surface area (TPSA) is 75.6 Å². The van der Waals surface area contributed by atoms with Gasteiger partial charge in [-0.2, -0.15) is 0 Å². The fourth-order valence-corrected chi connectivity index (χ4v) is 2.92. The number of nitrogens with one attached hydrogen (secondary N) is 1. The molecule has 23 heavy (non-hydrogen) atoms. The van der Waals surface area contributed by atoms with Crippen LogP contribution in [0.15, 0.2) is 18.2 Å². The first kappa shape index (κ1) is 17.2. The van der Waals surface area contributed by atoms with Crippen molar-refractivity contribution in [3.63, 3.8) is 0 Å². The molecule has 1 aliphatic rings. The van der Waals surface area contributed by atoms with Crippen LogP contribution in [0.5, 0.6) is 0 Å². The van der Waals surface area contributed by atoms with Gasteiger partial charge in [0.1, 0.15) is 17.5 Å². The third-order valence-corrected chi connectivity index (χ3v) is 3.81. The molecule has 0 aliphatic heterocycles. The minimum Gasteiger partial charge on any atom is -0.480 e. The summed E-state index contributed by atoms with van der Waals surface area (Å²) in [5, 5.41) is 11.9. The lowest BCUT2D eigenvalue weighted by Crippen LogP contribution is -2.47. The molecular weight excluding hydrogens is 301 g/mol. The number of carboxylic acid groups (broad SMARTS) is 1. The molecule has 0 fully saturated rings. The van der Waals surface area contributed by atoms with Crippen LogP contribution in [0.2, 0.25) is 0 Å². The Hall–Kier alpha value is -2.11. The zero-order valence-electron chi connectivity index (χ0n) is 13.6. The number of fused-ring (bicyclic) bond motifs is 1. The summed E-state index contributed by atoms with van der Waals surface area (Å²) in [5.41, 5.74) is 0.864. The predicted octanol–water partition coefficient (Wildman–Crippen LogP) is 3.22. The van der Waals surface area contributed by atoms with Crippen molar-refractivity contribution in [1.82, 2.24) is 5.32 Å². The molecule has 0 radical (unpaired) electrons. The Morgan fingerprint density at radius 2 is 2.09 bits per heavy atom. The summed E-state index contributed by atoms with van der Waals surface area (Å²) in [6, 6.07) is 3.28. The number of carboxylic acids is 1. The first-order valence-electron chi connectivity index (χ1n) is 7.68. The lowest BCUT2D eigenvalue weighted by Gasteiger charge is -2.31. The number of hydrogen-bond donors (Lipinski definition) is 2. The molecule has 1 aliphatic carbocycles. The molecule has 1 unspecified atom stereocenters. The number of hydrogen-bond acceptors (Lipinski definition) is 3. The highest BCUT2D eigenvalue weighted by Crippen LogP contribution is 2.34. The third-order valence-electron chi connectivity index (χ3n) is 3.81. The number of aliphatic carboxylic acids is 1. The van der Waals surface area contributed by atoms with Gasteiger partial charge in [0.15, 0.2) is 0 Å².